The predicted molar refractivity (Wildman–Crippen MR) is 98.5 cm³/mol. The summed E-state index contributed by atoms with van der Waals surface area (Å²) in [7, 11) is 0. The van der Waals surface area contributed by atoms with Crippen LogP contribution in [0.3, 0.4) is 0 Å². The molecule has 0 aliphatic heterocycles. The van der Waals surface area contributed by atoms with E-state index in [1.54, 1.807) is 0 Å². The average molecular weight is 329 g/mol. The second-order valence-corrected chi connectivity index (χ2v) is 10.5. The number of aliphatic hydroxyl groups is 1. The summed E-state index contributed by atoms with van der Waals surface area (Å²) in [5.74, 6) is 5.15. The predicted octanol–water partition coefficient (Wildman–Crippen LogP) is 5.58. The summed E-state index contributed by atoms with van der Waals surface area (Å²) in [4.78, 5) is 0. The lowest BCUT2D eigenvalue weighted by molar-refractivity contribution is -0.118. The van der Waals surface area contributed by atoms with Crippen molar-refractivity contribution in [2.75, 3.05) is 0 Å². The zero-order valence-electron chi connectivity index (χ0n) is 15.7. The van der Waals surface area contributed by atoms with Gasteiger partial charge >= 0.3 is 0 Å². The maximum Gasteiger partial charge on any atom is 0.0611 e. The summed E-state index contributed by atoms with van der Waals surface area (Å²) >= 11 is 0. The highest BCUT2D eigenvalue weighted by Crippen LogP contribution is 2.70. The lowest BCUT2D eigenvalue weighted by Gasteiger charge is -2.61. The first-order chi connectivity index (χ1) is 11.6. The van der Waals surface area contributed by atoms with Crippen molar-refractivity contribution in [3.8, 4) is 0 Å². The molecule has 0 heterocycles. The average Bonchev–Trinajstić information content (AvgIpc) is 2.88. The molecule has 134 valence electrons. The summed E-state index contributed by atoms with van der Waals surface area (Å²) in [6.07, 6.45) is 18.8. The van der Waals surface area contributed by atoms with E-state index in [1.165, 1.54) is 57.8 Å². The molecule has 5 aliphatic rings. The second-order valence-electron chi connectivity index (χ2n) is 10.5. The molecule has 1 nitrogen and oxygen atoms in total. The van der Waals surface area contributed by atoms with Gasteiger partial charge in [0.2, 0.25) is 0 Å². The lowest BCUT2D eigenvalue weighted by Crippen LogP contribution is -2.54. The van der Waals surface area contributed by atoms with Gasteiger partial charge in [-0.3, -0.25) is 0 Å². The Morgan fingerprint density at radius 2 is 1.88 bits per heavy atom. The Labute approximate surface area is 148 Å². The van der Waals surface area contributed by atoms with E-state index in [0.717, 1.165) is 36.0 Å². The van der Waals surface area contributed by atoms with E-state index in [1.807, 2.05) is 0 Å². The maximum absolute atomic E-state index is 10.7. The van der Waals surface area contributed by atoms with Gasteiger partial charge in [-0.2, -0.15) is 0 Å². The fourth-order valence-corrected chi connectivity index (χ4v) is 9.00. The van der Waals surface area contributed by atoms with Crippen molar-refractivity contribution >= 4 is 0 Å². The van der Waals surface area contributed by atoms with Gasteiger partial charge < -0.3 is 5.11 Å². The Balaban J connectivity index is 1.52. The fourth-order valence-electron chi connectivity index (χ4n) is 9.00. The van der Waals surface area contributed by atoms with Crippen LogP contribution in [-0.2, 0) is 0 Å². The highest BCUT2D eigenvalue weighted by Gasteiger charge is 2.63. The van der Waals surface area contributed by atoms with Crippen LogP contribution in [-0.4, -0.2) is 11.2 Å². The Morgan fingerprint density at radius 1 is 1.00 bits per heavy atom. The first-order valence-corrected chi connectivity index (χ1v) is 10.9. The van der Waals surface area contributed by atoms with Crippen LogP contribution < -0.4 is 0 Å². The smallest absolute Gasteiger partial charge is 0.0611 e. The SMILES string of the molecule is CC1CC2C(O)CC=CC23CCC2C(CCC4CCCCC42C)C13. The number of rotatable bonds is 0. The molecule has 9 unspecified atom stereocenters. The van der Waals surface area contributed by atoms with Gasteiger partial charge in [-0.25, -0.2) is 0 Å². The van der Waals surface area contributed by atoms with Crippen molar-refractivity contribution in [1.29, 1.82) is 0 Å². The van der Waals surface area contributed by atoms with Crippen LogP contribution in [0.15, 0.2) is 12.2 Å². The van der Waals surface area contributed by atoms with Crippen molar-refractivity contribution in [3.63, 3.8) is 0 Å². The van der Waals surface area contributed by atoms with Gasteiger partial charge in [-0.05, 0) is 97.7 Å². The molecule has 1 N–H and O–H groups in total. The van der Waals surface area contributed by atoms with E-state index in [0.29, 0.717) is 16.7 Å². The molecule has 0 aromatic heterocycles. The van der Waals surface area contributed by atoms with Crippen LogP contribution in [0.2, 0.25) is 0 Å². The van der Waals surface area contributed by atoms with Gasteiger partial charge in [0.05, 0.1) is 6.10 Å². The summed E-state index contributed by atoms with van der Waals surface area (Å²) in [6.45, 7) is 5.19. The molecule has 1 spiro atoms. The van der Waals surface area contributed by atoms with Crippen molar-refractivity contribution < 1.29 is 5.11 Å². The molecule has 0 amide bonds. The van der Waals surface area contributed by atoms with Gasteiger partial charge in [0.25, 0.3) is 0 Å². The molecule has 0 saturated heterocycles. The van der Waals surface area contributed by atoms with Crippen LogP contribution in [0, 0.1) is 46.3 Å². The minimum Gasteiger partial charge on any atom is -0.392 e. The Kier molecular flexibility index (Phi) is 3.55. The van der Waals surface area contributed by atoms with Crippen molar-refractivity contribution in [1.82, 2.24) is 0 Å². The molecule has 0 aromatic carbocycles. The summed E-state index contributed by atoms with van der Waals surface area (Å²) < 4.78 is 0. The van der Waals surface area contributed by atoms with Crippen LogP contribution >= 0.6 is 0 Å². The standard InChI is InChI=1S/C23H36O/c1-15-14-19-20(24)7-5-12-23(19)13-10-18-17(21(15)23)9-8-16-6-3-4-11-22(16,18)2/h5,12,15-21,24H,3-4,6-11,13-14H2,1-2H3. The van der Waals surface area contributed by atoms with E-state index >= 15 is 0 Å². The highest BCUT2D eigenvalue weighted by atomic mass is 16.3. The maximum atomic E-state index is 10.7. The molecule has 0 bridgehead atoms. The van der Waals surface area contributed by atoms with Gasteiger partial charge in [0.15, 0.2) is 0 Å². The zero-order chi connectivity index (χ0) is 16.5. The molecular formula is C23H36O. The van der Waals surface area contributed by atoms with E-state index < -0.39 is 0 Å². The zero-order valence-corrected chi connectivity index (χ0v) is 15.7. The normalized spacial score (nSPS) is 59.2. The minimum absolute atomic E-state index is 0.0689. The third kappa shape index (κ3) is 1.91. The van der Waals surface area contributed by atoms with Gasteiger partial charge in [0.1, 0.15) is 0 Å². The number of hydrogen-bond acceptors (Lipinski definition) is 1. The van der Waals surface area contributed by atoms with E-state index in [2.05, 4.69) is 26.0 Å². The van der Waals surface area contributed by atoms with E-state index in [-0.39, 0.29) is 6.10 Å². The second kappa shape index (κ2) is 5.35. The Hall–Kier alpha value is -0.300. The monoisotopic (exact) mass is 328 g/mol. The topological polar surface area (TPSA) is 20.2 Å². The molecule has 5 aliphatic carbocycles. The highest BCUT2D eigenvalue weighted by molar-refractivity contribution is 5.21. The summed E-state index contributed by atoms with van der Waals surface area (Å²) in [6, 6.07) is 0. The molecule has 4 fully saturated rings. The van der Waals surface area contributed by atoms with Crippen molar-refractivity contribution in [2.24, 2.45) is 46.3 Å². The lowest BCUT2D eigenvalue weighted by atomic mass is 9.43. The molecule has 0 aromatic rings. The number of fused-ring (bicyclic) bond motifs is 4. The third-order valence-electron chi connectivity index (χ3n) is 9.83. The molecule has 5 rings (SSSR count). The van der Waals surface area contributed by atoms with E-state index in [9.17, 15) is 5.11 Å². The molecule has 1 heteroatoms. The van der Waals surface area contributed by atoms with Crippen molar-refractivity contribution in [3.05, 3.63) is 12.2 Å². The first kappa shape index (κ1) is 15.9. The van der Waals surface area contributed by atoms with Crippen LogP contribution in [0.5, 0.6) is 0 Å². The summed E-state index contributed by atoms with van der Waals surface area (Å²) in [5.41, 5.74) is 0.994. The van der Waals surface area contributed by atoms with Gasteiger partial charge in [0, 0.05) is 0 Å². The third-order valence-corrected chi connectivity index (χ3v) is 9.83. The van der Waals surface area contributed by atoms with Crippen LogP contribution in [0.25, 0.3) is 0 Å². The molecule has 4 saturated carbocycles. The number of allylic oxidation sites excluding steroid dienone is 1. The van der Waals surface area contributed by atoms with Crippen LogP contribution in [0.1, 0.15) is 78.1 Å². The number of hydrogen-bond donors (Lipinski definition) is 1. The van der Waals surface area contributed by atoms with Gasteiger partial charge in [-0.1, -0.05) is 38.8 Å². The minimum atomic E-state index is -0.0689. The largest absolute Gasteiger partial charge is 0.392 e. The first-order valence-electron chi connectivity index (χ1n) is 10.9. The van der Waals surface area contributed by atoms with E-state index in [4.69, 9.17) is 0 Å². The molecule has 9 atom stereocenters. The quantitative estimate of drug-likeness (QED) is 0.575. The molecular weight excluding hydrogens is 292 g/mol. The number of aliphatic hydroxyl groups excluding tert-OH is 1. The molecule has 0 radical (unpaired) electrons. The molecule has 24 heavy (non-hydrogen) atoms. The summed E-state index contributed by atoms with van der Waals surface area (Å²) in [5, 5.41) is 10.7. The Morgan fingerprint density at radius 3 is 2.75 bits per heavy atom. The van der Waals surface area contributed by atoms with Crippen molar-refractivity contribution in [2.45, 2.75) is 84.2 Å². The van der Waals surface area contributed by atoms with Crippen LogP contribution in [0.4, 0.5) is 0 Å². The van der Waals surface area contributed by atoms with Gasteiger partial charge in [-0.15, -0.1) is 0 Å². The Bertz CT molecular complexity index is 538. The fraction of sp³-hybridized carbons (Fsp3) is 0.913.